The smallest absolute Gasteiger partial charge is 0.326 e. The van der Waals surface area contributed by atoms with Crippen molar-refractivity contribution in [2.45, 2.75) is 32.7 Å². The molecule has 4 heteroatoms. The van der Waals surface area contributed by atoms with Gasteiger partial charge in [-0.05, 0) is 42.4 Å². The van der Waals surface area contributed by atoms with E-state index in [1.54, 1.807) is 24.3 Å². The van der Waals surface area contributed by atoms with E-state index in [1.165, 1.54) is 5.56 Å². The van der Waals surface area contributed by atoms with Gasteiger partial charge in [-0.25, -0.2) is 4.79 Å². The highest BCUT2D eigenvalue weighted by Crippen LogP contribution is 2.23. The molecule has 0 saturated carbocycles. The molecule has 0 aliphatic rings. The van der Waals surface area contributed by atoms with Gasteiger partial charge in [-0.2, -0.15) is 0 Å². The van der Waals surface area contributed by atoms with E-state index in [1.807, 2.05) is 36.4 Å². The van der Waals surface area contributed by atoms with Gasteiger partial charge in [0.05, 0.1) is 0 Å². The second-order valence-corrected chi connectivity index (χ2v) is 6.66. The van der Waals surface area contributed by atoms with Gasteiger partial charge in [0.25, 0.3) is 5.91 Å². The van der Waals surface area contributed by atoms with Crippen LogP contribution in [0.4, 0.5) is 0 Å². The van der Waals surface area contributed by atoms with Gasteiger partial charge in [-0.3, -0.25) is 4.79 Å². The normalized spacial score (nSPS) is 13.2. The standard InChI is InChI=1S/C21H25NO3/c1-15(2)18(13-16-9-5-3-6-10-16)14-19(21(24)25)22-20(23)17-11-7-4-8-12-17/h3-12,15,18-19H,13-14H2,1-2H3,(H,22,23)(H,24,25). The van der Waals surface area contributed by atoms with E-state index in [-0.39, 0.29) is 11.8 Å². The van der Waals surface area contributed by atoms with E-state index < -0.39 is 12.0 Å². The van der Waals surface area contributed by atoms with E-state index in [0.717, 1.165) is 6.42 Å². The summed E-state index contributed by atoms with van der Waals surface area (Å²) in [6, 6.07) is 17.8. The van der Waals surface area contributed by atoms with E-state index in [9.17, 15) is 14.7 Å². The number of nitrogens with one attached hydrogen (secondary N) is 1. The first kappa shape index (κ1) is 18.7. The van der Waals surface area contributed by atoms with Crippen LogP contribution in [0.5, 0.6) is 0 Å². The molecule has 4 nitrogen and oxygen atoms in total. The van der Waals surface area contributed by atoms with E-state index in [2.05, 4.69) is 19.2 Å². The summed E-state index contributed by atoms with van der Waals surface area (Å²) < 4.78 is 0. The molecule has 132 valence electrons. The molecule has 0 saturated heterocycles. The zero-order chi connectivity index (χ0) is 18.2. The molecule has 0 heterocycles. The molecule has 0 aliphatic carbocycles. The summed E-state index contributed by atoms with van der Waals surface area (Å²) in [6.45, 7) is 4.18. The quantitative estimate of drug-likeness (QED) is 0.769. The summed E-state index contributed by atoms with van der Waals surface area (Å²) in [5.74, 6) is -0.867. The van der Waals surface area contributed by atoms with Crippen molar-refractivity contribution < 1.29 is 14.7 Å². The first-order valence-electron chi connectivity index (χ1n) is 8.60. The fraction of sp³-hybridized carbons (Fsp3) is 0.333. The molecule has 2 N–H and O–H groups in total. The Hall–Kier alpha value is -2.62. The fourth-order valence-corrected chi connectivity index (χ4v) is 2.86. The Bertz CT molecular complexity index is 683. The lowest BCUT2D eigenvalue weighted by molar-refractivity contribution is -0.139. The van der Waals surface area contributed by atoms with Crippen LogP contribution in [-0.4, -0.2) is 23.0 Å². The maximum Gasteiger partial charge on any atom is 0.326 e. The third-order valence-corrected chi connectivity index (χ3v) is 4.46. The number of carbonyl (C=O) groups excluding carboxylic acids is 1. The maximum atomic E-state index is 12.3. The SMILES string of the molecule is CC(C)C(Cc1ccccc1)CC(NC(=O)c1ccccc1)C(=O)O. The first-order valence-corrected chi connectivity index (χ1v) is 8.60. The third kappa shape index (κ3) is 5.75. The van der Waals surface area contributed by atoms with Gasteiger partial charge in [-0.15, -0.1) is 0 Å². The van der Waals surface area contributed by atoms with Crippen LogP contribution >= 0.6 is 0 Å². The number of aliphatic carboxylic acids is 1. The topological polar surface area (TPSA) is 66.4 Å². The summed E-state index contributed by atoms with van der Waals surface area (Å²) in [7, 11) is 0. The average molecular weight is 339 g/mol. The summed E-state index contributed by atoms with van der Waals surface area (Å²) in [5.41, 5.74) is 1.65. The van der Waals surface area contributed by atoms with Crippen molar-refractivity contribution >= 4 is 11.9 Å². The van der Waals surface area contributed by atoms with Crippen LogP contribution in [0.25, 0.3) is 0 Å². The van der Waals surface area contributed by atoms with Crippen molar-refractivity contribution in [3.05, 3.63) is 71.8 Å². The summed E-state index contributed by atoms with van der Waals surface area (Å²) >= 11 is 0. The highest BCUT2D eigenvalue weighted by Gasteiger charge is 2.26. The van der Waals surface area contributed by atoms with Crippen molar-refractivity contribution in [2.75, 3.05) is 0 Å². The van der Waals surface area contributed by atoms with Crippen LogP contribution < -0.4 is 5.32 Å². The van der Waals surface area contributed by atoms with Crippen molar-refractivity contribution in [3.8, 4) is 0 Å². The Labute approximate surface area is 148 Å². The lowest BCUT2D eigenvalue weighted by Crippen LogP contribution is -2.42. The number of rotatable bonds is 8. The van der Waals surface area contributed by atoms with Gasteiger partial charge in [-0.1, -0.05) is 62.4 Å². The minimum absolute atomic E-state index is 0.166. The molecule has 0 radical (unpaired) electrons. The summed E-state index contributed by atoms with van der Waals surface area (Å²) in [4.78, 5) is 24.0. The number of hydrogen-bond acceptors (Lipinski definition) is 2. The fourth-order valence-electron chi connectivity index (χ4n) is 2.86. The molecule has 25 heavy (non-hydrogen) atoms. The molecule has 2 unspecified atom stereocenters. The Kier molecular flexibility index (Phi) is 6.75. The lowest BCUT2D eigenvalue weighted by Gasteiger charge is -2.25. The summed E-state index contributed by atoms with van der Waals surface area (Å²) in [5, 5.41) is 12.2. The molecule has 2 aromatic carbocycles. The molecule has 0 aliphatic heterocycles. The molecule has 1 amide bonds. The van der Waals surface area contributed by atoms with Gasteiger partial charge in [0.2, 0.25) is 0 Å². The zero-order valence-corrected chi connectivity index (χ0v) is 14.7. The lowest BCUT2D eigenvalue weighted by atomic mass is 9.84. The molecule has 2 rings (SSSR count). The van der Waals surface area contributed by atoms with Gasteiger partial charge in [0, 0.05) is 5.56 Å². The molecular formula is C21H25NO3. The molecule has 0 aromatic heterocycles. The number of carbonyl (C=O) groups is 2. The number of carboxylic acids is 1. The molecular weight excluding hydrogens is 314 g/mol. The van der Waals surface area contributed by atoms with Crippen molar-refractivity contribution in [1.82, 2.24) is 5.32 Å². The van der Waals surface area contributed by atoms with Crippen LogP contribution in [0.15, 0.2) is 60.7 Å². The monoisotopic (exact) mass is 339 g/mol. The van der Waals surface area contributed by atoms with Crippen molar-refractivity contribution in [2.24, 2.45) is 11.8 Å². The Morgan fingerprint density at radius 1 is 0.960 bits per heavy atom. The molecule has 0 spiro atoms. The number of hydrogen-bond donors (Lipinski definition) is 2. The molecule has 2 atom stereocenters. The van der Waals surface area contributed by atoms with Gasteiger partial charge in [0.1, 0.15) is 6.04 Å². The average Bonchev–Trinajstić information content (AvgIpc) is 2.61. The number of benzene rings is 2. The minimum Gasteiger partial charge on any atom is -0.480 e. The van der Waals surface area contributed by atoms with Crippen LogP contribution in [-0.2, 0) is 11.2 Å². The second-order valence-electron chi connectivity index (χ2n) is 6.66. The van der Waals surface area contributed by atoms with Crippen molar-refractivity contribution in [3.63, 3.8) is 0 Å². The van der Waals surface area contributed by atoms with E-state index in [4.69, 9.17) is 0 Å². The van der Waals surface area contributed by atoms with Crippen LogP contribution in [0, 0.1) is 11.8 Å². The maximum absolute atomic E-state index is 12.3. The highest BCUT2D eigenvalue weighted by molar-refractivity contribution is 5.96. The van der Waals surface area contributed by atoms with Gasteiger partial charge >= 0.3 is 5.97 Å². The number of amides is 1. The van der Waals surface area contributed by atoms with E-state index in [0.29, 0.717) is 17.9 Å². The molecule has 0 bridgehead atoms. The van der Waals surface area contributed by atoms with Gasteiger partial charge in [0.15, 0.2) is 0 Å². The largest absolute Gasteiger partial charge is 0.480 e. The van der Waals surface area contributed by atoms with Gasteiger partial charge < -0.3 is 10.4 Å². The summed E-state index contributed by atoms with van der Waals surface area (Å²) in [6.07, 6.45) is 1.20. The predicted molar refractivity (Wildman–Crippen MR) is 98.4 cm³/mol. The predicted octanol–water partition coefficient (Wildman–Crippen LogP) is 3.77. The van der Waals surface area contributed by atoms with Crippen molar-refractivity contribution in [1.29, 1.82) is 0 Å². The molecule has 0 fully saturated rings. The van der Waals surface area contributed by atoms with E-state index >= 15 is 0 Å². The Balaban J connectivity index is 2.07. The minimum atomic E-state index is -0.997. The molecule has 2 aromatic rings. The Morgan fingerprint density at radius 2 is 1.52 bits per heavy atom. The van der Waals surface area contributed by atoms with Crippen LogP contribution in [0.1, 0.15) is 36.2 Å². The van der Waals surface area contributed by atoms with Crippen LogP contribution in [0.2, 0.25) is 0 Å². The van der Waals surface area contributed by atoms with Crippen LogP contribution in [0.3, 0.4) is 0 Å². The zero-order valence-electron chi connectivity index (χ0n) is 14.7. The Morgan fingerprint density at radius 3 is 2.04 bits per heavy atom. The first-order chi connectivity index (χ1) is 12.0. The third-order valence-electron chi connectivity index (χ3n) is 4.46. The second kappa shape index (κ2) is 9.02. The highest BCUT2D eigenvalue weighted by atomic mass is 16.4. The number of carboxylic acid groups (broad SMARTS) is 1.